The molecule has 2 heterocycles. The number of hydrogen-bond donors (Lipinski definition) is 1. The highest BCUT2D eigenvalue weighted by atomic mass is 16.5. The lowest BCUT2D eigenvalue weighted by molar-refractivity contribution is 0.0904. The van der Waals surface area contributed by atoms with Crippen LogP contribution in [0.3, 0.4) is 0 Å². The van der Waals surface area contributed by atoms with Crippen molar-refractivity contribution in [1.29, 1.82) is 0 Å². The van der Waals surface area contributed by atoms with Crippen LogP contribution in [0.5, 0.6) is 5.75 Å². The molecule has 3 aromatic rings. The van der Waals surface area contributed by atoms with Gasteiger partial charge in [-0.2, -0.15) is 4.98 Å². The second-order valence-electron chi connectivity index (χ2n) is 4.86. The lowest BCUT2D eigenvalue weighted by Gasteiger charge is -2.07. The maximum Gasteiger partial charge on any atom is 0.287 e. The number of hydrogen-bond acceptors (Lipinski definition) is 6. The second kappa shape index (κ2) is 6.35. The molecule has 0 radical (unpaired) electrons. The van der Waals surface area contributed by atoms with Gasteiger partial charge in [-0.05, 0) is 43.3 Å². The Hall–Kier alpha value is -3.09. The van der Waals surface area contributed by atoms with E-state index < -0.39 is 6.04 Å². The van der Waals surface area contributed by atoms with Gasteiger partial charge in [-0.1, -0.05) is 5.16 Å². The molecule has 0 fully saturated rings. The van der Waals surface area contributed by atoms with Gasteiger partial charge in [-0.15, -0.1) is 0 Å². The van der Waals surface area contributed by atoms with Crippen LogP contribution in [0.1, 0.15) is 29.4 Å². The molecule has 0 saturated heterocycles. The molecule has 1 aromatic carbocycles. The van der Waals surface area contributed by atoms with Crippen LogP contribution in [0.15, 0.2) is 51.6 Å². The highest BCUT2D eigenvalue weighted by Crippen LogP contribution is 2.21. The van der Waals surface area contributed by atoms with Crippen molar-refractivity contribution in [3.05, 3.63) is 54.3 Å². The summed E-state index contributed by atoms with van der Waals surface area (Å²) in [5, 5.41) is 6.66. The number of methoxy groups -OCH3 is 1. The quantitative estimate of drug-likeness (QED) is 0.779. The average molecular weight is 313 g/mol. The summed E-state index contributed by atoms with van der Waals surface area (Å²) in [6, 6.07) is 10.1. The molecule has 2 aromatic heterocycles. The van der Waals surface area contributed by atoms with E-state index in [4.69, 9.17) is 13.7 Å². The minimum absolute atomic E-state index is 0.228. The summed E-state index contributed by atoms with van der Waals surface area (Å²) in [6.45, 7) is 1.76. The lowest BCUT2D eigenvalue weighted by atomic mass is 10.2. The molecule has 0 aliphatic rings. The largest absolute Gasteiger partial charge is 0.497 e. The van der Waals surface area contributed by atoms with E-state index in [0.29, 0.717) is 11.7 Å². The monoisotopic (exact) mass is 313 g/mol. The zero-order valence-electron chi connectivity index (χ0n) is 12.6. The minimum Gasteiger partial charge on any atom is -0.497 e. The molecular weight excluding hydrogens is 298 g/mol. The summed E-state index contributed by atoms with van der Waals surface area (Å²) >= 11 is 0. The maximum absolute atomic E-state index is 11.9. The van der Waals surface area contributed by atoms with Gasteiger partial charge in [0.1, 0.15) is 11.8 Å². The van der Waals surface area contributed by atoms with Crippen LogP contribution in [0.2, 0.25) is 0 Å². The van der Waals surface area contributed by atoms with Crippen molar-refractivity contribution in [1.82, 2.24) is 15.5 Å². The van der Waals surface area contributed by atoms with Gasteiger partial charge in [-0.25, -0.2) is 0 Å². The predicted molar refractivity (Wildman–Crippen MR) is 80.9 cm³/mol. The van der Waals surface area contributed by atoms with Crippen molar-refractivity contribution in [2.45, 2.75) is 13.0 Å². The van der Waals surface area contributed by atoms with Crippen molar-refractivity contribution in [3.63, 3.8) is 0 Å². The molecule has 0 aliphatic carbocycles. The van der Waals surface area contributed by atoms with Crippen LogP contribution in [0.25, 0.3) is 11.4 Å². The Kier molecular flexibility index (Phi) is 4.09. The number of carbonyl (C=O) groups is 1. The van der Waals surface area contributed by atoms with Gasteiger partial charge < -0.3 is 19.0 Å². The Bertz CT molecular complexity index is 778. The molecule has 0 bridgehead atoms. The van der Waals surface area contributed by atoms with Crippen LogP contribution in [0, 0.1) is 0 Å². The van der Waals surface area contributed by atoms with Crippen LogP contribution < -0.4 is 10.1 Å². The first-order chi connectivity index (χ1) is 11.2. The maximum atomic E-state index is 11.9. The van der Waals surface area contributed by atoms with Crippen LogP contribution in [0.4, 0.5) is 0 Å². The molecule has 1 N–H and O–H groups in total. The third-order valence-electron chi connectivity index (χ3n) is 3.25. The van der Waals surface area contributed by atoms with Crippen LogP contribution >= 0.6 is 0 Å². The van der Waals surface area contributed by atoms with Crippen molar-refractivity contribution >= 4 is 5.91 Å². The van der Waals surface area contributed by atoms with Crippen LogP contribution in [-0.4, -0.2) is 23.2 Å². The summed E-state index contributed by atoms with van der Waals surface area (Å²) in [7, 11) is 1.60. The highest BCUT2D eigenvalue weighted by molar-refractivity contribution is 5.91. The number of ether oxygens (including phenoxy) is 1. The molecule has 0 saturated carbocycles. The molecule has 0 unspecified atom stereocenters. The molecule has 1 amide bonds. The van der Waals surface area contributed by atoms with Crippen molar-refractivity contribution < 1.29 is 18.5 Å². The highest BCUT2D eigenvalue weighted by Gasteiger charge is 2.19. The van der Waals surface area contributed by atoms with Crippen molar-refractivity contribution in [2.75, 3.05) is 7.11 Å². The first-order valence-electron chi connectivity index (χ1n) is 7.00. The smallest absolute Gasteiger partial charge is 0.287 e. The van der Waals surface area contributed by atoms with Crippen molar-refractivity contribution in [3.8, 4) is 17.1 Å². The number of amides is 1. The Morgan fingerprint density at radius 2 is 2.04 bits per heavy atom. The Morgan fingerprint density at radius 1 is 1.26 bits per heavy atom. The fourth-order valence-corrected chi connectivity index (χ4v) is 2.01. The van der Waals surface area contributed by atoms with E-state index in [1.807, 2.05) is 24.3 Å². The Morgan fingerprint density at radius 3 is 2.70 bits per heavy atom. The summed E-state index contributed by atoms with van der Waals surface area (Å²) in [6.07, 6.45) is 1.44. The normalized spacial score (nSPS) is 11.9. The topological polar surface area (TPSA) is 90.4 Å². The van der Waals surface area contributed by atoms with Gasteiger partial charge in [0.05, 0.1) is 13.4 Å². The molecule has 1 atom stereocenters. The van der Waals surface area contributed by atoms with Gasteiger partial charge in [0.25, 0.3) is 5.91 Å². The van der Waals surface area contributed by atoms with E-state index in [1.165, 1.54) is 6.26 Å². The number of rotatable bonds is 5. The van der Waals surface area contributed by atoms with Gasteiger partial charge in [0, 0.05) is 5.56 Å². The number of carbonyl (C=O) groups excluding carboxylic acids is 1. The van der Waals surface area contributed by atoms with E-state index in [9.17, 15) is 4.79 Å². The first kappa shape index (κ1) is 14.8. The zero-order valence-corrected chi connectivity index (χ0v) is 12.6. The summed E-state index contributed by atoms with van der Waals surface area (Å²) < 4.78 is 15.4. The molecule has 0 spiro atoms. The van der Waals surface area contributed by atoms with Gasteiger partial charge >= 0.3 is 0 Å². The number of nitrogens with zero attached hydrogens (tertiary/aromatic N) is 2. The molecule has 3 rings (SSSR count). The predicted octanol–water partition coefficient (Wildman–Crippen LogP) is 2.83. The Balaban J connectivity index is 1.71. The molecule has 7 heteroatoms. The summed E-state index contributed by atoms with van der Waals surface area (Å²) in [5.74, 6) is 1.40. The average Bonchev–Trinajstić information content (AvgIpc) is 3.26. The minimum atomic E-state index is -0.438. The third-order valence-corrected chi connectivity index (χ3v) is 3.25. The molecular formula is C16H15N3O4. The number of furan rings is 1. The van der Waals surface area contributed by atoms with E-state index >= 15 is 0 Å². The standard InChI is InChI=1S/C16H15N3O4/c1-10(17-15(20)13-4-3-9-22-13)16-18-14(19-23-16)11-5-7-12(21-2)8-6-11/h3-10H,1-2H3,(H,17,20)/t10-/m1/s1. The number of aromatic nitrogens is 2. The summed E-state index contributed by atoms with van der Waals surface area (Å²) in [4.78, 5) is 16.2. The third kappa shape index (κ3) is 3.23. The van der Waals surface area contributed by atoms with Crippen LogP contribution in [-0.2, 0) is 0 Å². The fraction of sp³-hybridized carbons (Fsp3) is 0.188. The van der Waals surface area contributed by atoms with E-state index in [0.717, 1.165) is 11.3 Å². The van der Waals surface area contributed by atoms with E-state index in [2.05, 4.69) is 15.5 Å². The van der Waals surface area contributed by atoms with Gasteiger partial charge in [0.15, 0.2) is 5.76 Å². The lowest BCUT2D eigenvalue weighted by Crippen LogP contribution is -2.26. The molecule has 0 aliphatic heterocycles. The molecule has 23 heavy (non-hydrogen) atoms. The molecule has 118 valence electrons. The zero-order chi connectivity index (χ0) is 16.2. The first-order valence-corrected chi connectivity index (χ1v) is 7.00. The summed E-state index contributed by atoms with van der Waals surface area (Å²) in [5.41, 5.74) is 0.797. The number of nitrogens with one attached hydrogen (secondary N) is 1. The number of benzene rings is 1. The van der Waals surface area contributed by atoms with E-state index in [1.54, 1.807) is 26.2 Å². The van der Waals surface area contributed by atoms with E-state index in [-0.39, 0.29) is 11.7 Å². The second-order valence-corrected chi connectivity index (χ2v) is 4.86. The van der Waals surface area contributed by atoms with Gasteiger partial charge in [-0.3, -0.25) is 4.79 Å². The molecule has 7 nitrogen and oxygen atoms in total. The van der Waals surface area contributed by atoms with Crippen molar-refractivity contribution in [2.24, 2.45) is 0 Å². The Labute approximate surface area is 132 Å². The van der Waals surface area contributed by atoms with Gasteiger partial charge in [0.2, 0.25) is 11.7 Å². The fourth-order valence-electron chi connectivity index (χ4n) is 2.01. The SMILES string of the molecule is COc1ccc(-c2noc([C@@H](C)NC(=O)c3ccco3)n2)cc1.